The second kappa shape index (κ2) is 9.43. The number of ether oxygens (including phenoxy) is 3. The molecule has 0 fully saturated rings. The Balaban J connectivity index is 2.49. The van der Waals surface area contributed by atoms with Crippen LogP contribution in [0.4, 0.5) is 11.4 Å². The van der Waals surface area contributed by atoms with Crippen molar-refractivity contribution in [3.63, 3.8) is 0 Å². The van der Waals surface area contributed by atoms with E-state index in [-0.39, 0.29) is 34.0 Å². The summed E-state index contributed by atoms with van der Waals surface area (Å²) in [5.41, 5.74) is -0.490. The minimum absolute atomic E-state index is 0.00240. The Morgan fingerprint density at radius 2 is 1.76 bits per heavy atom. The summed E-state index contributed by atoms with van der Waals surface area (Å²) >= 11 is 5.93. The Kier molecular flexibility index (Phi) is 7.00. The SMILES string of the molecule is COc1ccc(Cl)cc1NC(=O)/C(C#N)=C/c1cc(OC)c(OC)cc1[N+](=O)[O-]. The Morgan fingerprint density at radius 3 is 2.31 bits per heavy atom. The quantitative estimate of drug-likeness (QED) is 0.314. The van der Waals surface area contributed by atoms with E-state index in [9.17, 15) is 20.2 Å². The molecule has 1 amide bonds. The lowest BCUT2D eigenvalue weighted by atomic mass is 10.1. The van der Waals surface area contributed by atoms with E-state index < -0.39 is 10.8 Å². The van der Waals surface area contributed by atoms with E-state index in [1.165, 1.54) is 33.5 Å². The molecule has 0 aliphatic heterocycles. The molecule has 0 bridgehead atoms. The molecule has 2 rings (SSSR count). The van der Waals surface area contributed by atoms with E-state index in [1.54, 1.807) is 18.2 Å². The standard InChI is InChI=1S/C19H16ClN3O6/c1-27-16-5-4-13(20)8-14(16)22-19(24)12(10-21)6-11-7-17(28-2)18(29-3)9-15(11)23(25)26/h4-9H,1-3H3,(H,22,24)/b12-6+. The lowest BCUT2D eigenvalue weighted by molar-refractivity contribution is -0.385. The van der Waals surface area contributed by atoms with Crippen LogP contribution < -0.4 is 19.5 Å². The van der Waals surface area contributed by atoms with Gasteiger partial charge in [0.05, 0.1) is 43.6 Å². The number of anilines is 1. The number of carbonyl (C=O) groups is 1. The number of halogens is 1. The Morgan fingerprint density at radius 1 is 1.14 bits per heavy atom. The van der Waals surface area contributed by atoms with Crippen LogP contribution in [0.3, 0.4) is 0 Å². The van der Waals surface area contributed by atoms with Crippen LogP contribution >= 0.6 is 11.6 Å². The van der Waals surface area contributed by atoms with Gasteiger partial charge in [0.1, 0.15) is 17.4 Å². The number of methoxy groups -OCH3 is 3. The van der Waals surface area contributed by atoms with Crippen molar-refractivity contribution in [3.05, 3.63) is 56.6 Å². The predicted molar refractivity (Wildman–Crippen MR) is 106 cm³/mol. The molecule has 0 aliphatic carbocycles. The molecule has 29 heavy (non-hydrogen) atoms. The molecule has 0 heterocycles. The Hall–Kier alpha value is -3.77. The Labute approximate surface area is 171 Å². The number of carbonyl (C=O) groups excluding carboxylic acids is 1. The molecule has 150 valence electrons. The summed E-state index contributed by atoms with van der Waals surface area (Å²) in [6, 6.07) is 8.77. The molecule has 0 saturated carbocycles. The average molecular weight is 418 g/mol. The minimum atomic E-state index is -0.794. The number of hydrogen-bond donors (Lipinski definition) is 1. The van der Waals surface area contributed by atoms with E-state index in [1.807, 2.05) is 0 Å². The highest BCUT2D eigenvalue weighted by Gasteiger charge is 2.21. The highest BCUT2D eigenvalue weighted by atomic mass is 35.5. The van der Waals surface area contributed by atoms with E-state index >= 15 is 0 Å². The zero-order valence-corrected chi connectivity index (χ0v) is 16.4. The summed E-state index contributed by atoms with van der Waals surface area (Å²) in [5.74, 6) is -0.115. The van der Waals surface area contributed by atoms with Crippen LogP contribution in [-0.4, -0.2) is 32.2 Å². The zero-order valence-electron chi connectivity index (χ0n) is 15.7. The summed E-state index contributed by atoms with van der Waals surface area (Å²) in [6.07, 6.45) is 1.09. The number of amides is 1. The van der Waals surface area contributed by atoms with Gasteiger partial charge in [-0.25, -0.2) is 0 Å². The number of nitrogens with zero attached hydrogens (tertiary/aromatic N) is 2. The van der Waals surface area contributed by atoms with Gasteiger partial charge >= 0.3 is 0 Å². The molecule has 2 aromatic rings. The van der Waals surface area contributed by atoms with Gasteiger partial charge in [-0.3, -0.25) is 14.9 Å². The van der Waals surface area contributed by atoms with Crippen LogP contribution in [0.2, 0.25) is 5.02 Å². The van der Waals surface area contributed by atoms with Crippen molar-refractivity contribution in [3.8, 4) is 23.3 Å². The first-order valence-electron chi connectivity index (χ1n) is 8.01. The fraction of sp³-hybridized carbons (Fsp3) is 0.158. The van der Waals surface area contributed by atoms with Gasteiger partial charge < -0.3 is 19.5 Å². The third-order valence-corrected chi connectivity index (χ3v) is 4.04. The van der Waals surface area contributed by atoms with Gasteiger partial charge in [-0.1, -0.05) is 11.6 Å². The van der Waals surface area contributed by atoms with Crippen LogP contribution in [0.1, 0.15) is 5.56 Å². The maximum Gasteiger partial charge on any atom is 0.280 e. The largest absolute Gasteiger partial charge is 0.495 e. The molecule has 0 spiro atoms. The molecule has 0 unspecified atom stereocenters. The summed E-state index contributed by atoms with van der Waals surface area (Å²) in [7, 11) is 4.11. The third kappa shape index (κ3) is 4.94. The van der Waals surface area contributed by atoms with Crippen molar-refractivity contribution < 1.29 is 23.9 Å². The lowest BCUT2D eigenvalue weighted by Gasteiger charge is -2.11. The maximum atomic E-state index is 12.6. The van der Waals surface area contributed by atoms with Gasteiger partial charge in [-0.05, 0) is 30.3 Å². The summed E-state index contributed by atoms with van der Waals surface area (Å²) in [6.45, 7) is 0. The first-order valence-corrected chi connectivity index (χ1v) is 8.39. The smallest absolute Gasteiger partial charge is 0.280 e. The Bertz CT molecular complexity index is 1030. The number of nitrogens with one attached hydrogen (secondary N) is 1. The fourth-order valence-electron chi connectivity index (χ4n) is 2.43. The van der Waals surface area contributed by atoms with Crippen LogP contribution in [0.15, 0.2) is 35.9 Å². The number of benzene rings is 2. The van der Waals surface area contributed by atoms with Gasteiger partial charge in [0.2, 0.25) is 0 Å². The third-order valence-electron chi connectivity index (χ3n) is 3.80. The van der Waals surface area contributed by atoms with Crippen molar-refractivity contribution in [1.29, 1.82) is 5.26 Å². The van der Waals surface area contributed by atoms with Gasteiger partial charge in [0.25, 0.3) is 11.6 Å². The first-order chi connectivity index (χ1) is 13.8. The van der Waals surface area contributed by atoms with Gasteiger partial charge in [-0.2, -0.15) is 5.26 Å². The van der Waals surface area contributed by atoms with Crippen LogP contribution in [0, 0.1) is 21.4 Å². The molecule has 0 radical (unpaired) electrons. The van der Waals surface area contributed by atoms with Crippen molar-refractivity contribution in [2.24, 2.45) is 0 Å². The number of nitro groups is 1. The molecule has 2 aromatic carbocycles. The monoisotopic (exact) mass is 417 g/mol. The second-order valence-corrected chi connectivity index (χ2v) is 5.93. The van der Waals surface area contributed by atoms with Crippen LogP contribution in [0.5, 0.6) is 17.2 Å². The van der Waals surface area contributed by atoms with E-state index in [2.05, 4.69) is 5.32 Å². The van der Waals surface area contributed by atoms with Crippen molar-refractivity contribution in [2.75, 3.05) is 26.6 Å². The molecule has 9 nitrogen and oxygen atoms in total. The van der Waals surface area contributed by atoms with Crippen molar-refractivity contribution in [1.82, 2.24) is 0 Å². The minimum Gasteiger partial charge on any atom is -0.495 e. The second-order valence-electron chi connectivity index (χ2n) is 5.49. The molecule has 10 heteroatoms. The molecule has 0 atom stereocenters. The van der Waals surface area contributed by atoms with Crippen LogP contribution in [0.25, 0.3) is 6.08 Å². The highest BCUT2D eigenvalue weighted by molar-refractivity contribution is 6.31. The number of nitriles is 1. The summed E-state index contributed by atoms with van der Waals surface area (Å²) in [5, 5.41) is 23.7. The maximum absolute atomic E-state index is 12.6. The van der Waals surface area contributed by atoms with E-state index in [0.717, 1.165) is 12.1 Å². The lowest BCUT2D eigenvalue weighted by Crippen LogP contribution is -2.14. The van der Waals surface area contributed by atoms with E-state index in [0.29, 0.717) is 10.8 Å². The van der Waals surface area contributed by atoms with Gasteiger partial charge in [-0.15, -0.1) is 0 Å². The summed E-state index contributed by atoms with van der Waals surface area (Å²) < 4.78 is 15.3. The van der Waals surface area contributed by atoms with Gasteiger partial charge in [0, 0.05) is 5.02 Å². The zero-order chi connectivity index (χ0) is 21.6. The topological polar surface area (TPSA) is 124 Å². The summed E-state index contributed by atoms with van der Waals surface area (Å²) in [4.78, 5) is 23.3. The number of rotatable bonds is 7. The fourth-order valence-corrected chi connectivity index (χ4v) is 2.60. The molecule has 0 saturated heterocycles. The van der Waals surface area contributed by atoms with Crippen molar-refractivity contribution >= 4 is 35.0 Å². The number of nitro benzene ring substituents is 1. The molecular weight excluding hydrogens is 402 g/mol. The van der Waals surface area contributed by atoms with Gasteiger partial charge in [0.15, 0.2) is 11.5 Å². The average Bonchev–Trinajstić information content (AvgIpc) is 2.71. The highest BCUT2D eigenvalue weighted by Crippen LogP contribution is 2.35. The predicted octanol–water partition coefficient (Wildman–Crippen LogP) is 3.82. The van der Waals surface area contributed by atoms with Crippen LogP contribution in [-0.2, 0) is 4.79 Å². The molecule has 0 aromatic heterocycles. The van der Waals surface area contributed by atoms with E-state index in [4.69, 9.17) is 25.8 Å². The molecular formula is C19H16ClN3O6. The number of hydrogen-bond acceptors (Lipinski definition) is 7. The first kappa shape index (κ1) is 21.5. The molecule has 0 aliphatic rings. The normalized spacial score (nSPS) is 10.7. The van der Waals surface area contributed by atoms with Crippen molar-refractivity contribution in [2.45, 2.75) is 0 Å². The molecule has 1 N–H and O–H groups in total.